The summed E-state index contributed by atoms with van der Waals surface area (Å²) >= 11 is 0. The van der Waals surface area contributed by atoms with E-state index in [4.69, 9.17) is 0 Å². The SMILES string of the molecule is CC(C)(C)n1ccnc(NCCCn2ccnn2)c1=O. The molecular formula is C13H20N6O. The first-order chi connectivity index (χ1) is 9.48. The zero-order chi connectivity index (χ0) is 14.6. The number of nitrogens with one attached hydrogen (secondary N) is 1. The molecule has 0 spiro atoms. The maximum atomic E-state index is 12.2. The summed E-state index contributed by atoms with van der Waals surface area (Å²) in [6.07, 6.45) is 7.66. The van der Waals surface area contributed by atoms with Crippen molar-refractivity contribution >= 4 is 5.82 Å². The predicted octanol–water partition coefficient (Wildman–Crippen LogP) is 1.09. The summed E-state index contributed by atoms with van der Waals surface area (Å²) in [6.45, 7) is 7.39. The number of aryl methyl sites for hydroxylation is 1. The molecule has 2 rings (SSSR count). The van der Waals surface area contributed by atoms with Crippen LogP contribution in [0.5, 0.6) is 0 Å². The minimum Gasteiger partial charge on any atom is -0.365 e. The molecule has 0 unspecified atom stereocenters. The lowest BCUT2D eigenvalue weighted by molar-refractivity contribution is 0.383. The fourth-order valence-corrected chi connectivity index (χ4v) is 1.86. The molecule has 0 saturated carbocycles. The average molecular weight is 276 g/mol. The van der Waals surface area contributed by atoms with Crippen LogP contribution in [-0.2, 0) is 12.1 Å². The van der Waals surface area contributed by atoms with Crippen LogP contribution in [0.4, 0.5) is 5.82 Å². The van der Waals surface area contributed by atoms with E-state index in [1.165, 1.54) is 0 Å². The van der Waals surface area contributed by atoms with Gasteiger partial charge in [-0.25, -0.2) is 4.98 Å². The standard InChI is InChI=1S/C13H20N6O/c1-13(2,3)19-10-6-15-11(12(19)20)14-5-4-8-18-9-7-16-17-18/h6-7,9-10H,4-5,8H2,1-3H3,(H,14,15). The van der Waals surface area contributed by atoms with E-state index in [0.29, 0.717) is 12.4 Å². The van der Waals surface area contributed by atoms with Gasteiger partial charge < -0.3 is 9.88 Å². The Balaban J connectivity index is 1.95. The molecule has 0 amide bonds. The quantitative estimate of drug-likeness (QED) is 0.827. The molecule has 0 saturated heterocycles. The van der Waals surface area contributed by atoms with Crippen LogP contribution in [0.1, 0.15) is 27.2 Å². The van der Waals surface area contributed by atoms with E-state index in [2.05, 4.69) is 20.6 Å². The summed E-state index contributed by atoms with van der Waals surface area (Å²) in [7, 11) is 0. The van der Waals surface area contributed by atoms with Gasteiger partial charge in [-0.1, -0.05) is 5.21 Å². The van der Waals surface area contributed by atoms with Crippen LogP contribution in [0.3, 0.4) is 0 Å². The van der Waals surface area contributed by atoms with Crippen LogP contribution in [-0.4, -0.2) is 31.1 Å². The van der Waals surface area contributed by atoms with Crippen molar-refractivity contribution in [3.8, 4) is 0 Å². The van der Waals surface area contributed by atoms with Crippen LogP contribution < -0.4 is 10.9 Å². The predicted molar refractivity (Wildman–Crippen MR) is 76.6 cm³/mol. The van der Waals surface area contributed by atoms with Crippen molar-refractivity contribution in [3.63, 3.8) is 0 Å². The normalized spacial score (nSPS) is 11.6. The largest absolute Gasteiger partial charge is 0.365 e. The summed E-state index contributed by atoms with van der Waals surface area (Å²) in [6, 6.07) is 0. The van der Waals surface area contributed by atoms with Crippen molar-refractivity contribution in [2.75, 3.05) is 11.9 Å². The lowest BCUT2D eigenvalue weighted by Crippen LogP contribution is -2.35. The third-order valence-corrected chi connectivity index (χ3v) is 2.89. The Morgan fingerprint density at radius 1 is 1.25 bits per heavy atom. The van der Waals surface area contributed by atoms with Gasteiger partial charge in [0.2, 0.25) is 0 Å². The van der Waals surface area contributed by atoms with E-state index in [1.54, 1.807) is 27.8 Å². The van der Waals surface area contributed by atoms with Gasteiger partial charge >= 0.3 is 0 Å². The molecule has 2 aromatic heterocycles. The number of hydrogen-bond acceptors (Lipinski definition) is 5. The number of hydrogen-bond donors (Lipinski definition) is 1. The van der Waals surface area contributed by atoms with E-state index >= 15 is 0 Å². The van der Waals surface area contributed by atoms with Crippen LogP contribution in [0.2, 0.25) is 0 Å². The van der Waals surface area contributed by atoms with Crippen LogP contribution in [0, 0.1) is 0 Å². The second-order valence-corrected chi connectivity index (χ2v) is 5.57. The first kappa shape index (κ1) is 14.2. The van der Waals surface area contributed by atoms with Gasteiger partial charge in [0, 0.05) is 37.2 Å². The highest BCUT2D eigenvalue weighted by Gasteiger charge is 2.16. The Hall–Kier alpha value is -2.18. The Kier molecular flexibility index (Phi) is 4.16. The van der Waals surface area contributed by atoms with Crippen LogP contribution >= 0.6 is 0 Å². The molecule has 2 heterocycles. The van der Waals surface area contributed by atoms with Gasteiger partial charge in [0.1, 0.15) is 0 Å². The number of anilines is 1. The average Bonchev–Trinajstić information content (AvgIpc) is 2.88. The molecule has 0 aliphatic rings. The van der Waals surface area contributed by atoms with Gasteiger partial charge in [-0.05, 0) is 27.2 Å². The number of nitrogens with zero attached hydrogens (tertiary/aromatic N) is 5. The monoisotopic (exact) mass is 276 g/mol. The summed E-state index contributed by atoms with van der Waals surface area (Å²) in [4.78, 5) is 16.4. The molecule has 0 aliphatic carbocycles. The van der Waals surface area contributed by atoms with E-state index < -0.39 is 0 Å². The van der Waals surface area contributed by atoms with Crippen molar-refractivity contribution in [2.24, 2.45) is 0 Å². The van der Waals surface area contributed by atoms with Crippen LogP contribution in [0.15, 0.2) is 29.6 Å². The molecule has 7 nitrogen and oxygen atoms in total. The third kappa shape index (κ3) is 3.43. The maximum Gasteiger partial charge on any atom is 0.293 e. The van der Waals surface area contributed by atoms with E-state index in [1.807, 2.05) is 27.0 Å². The first-order valence-corrected chi connectivity index (χ1v) is 6.64. The highest BCUT2D eigenvalue weighted by molar-refractivity contribution is 5.30. The smallest absolute Gasteiger partial charge is 0.293 e. The van der Waals surface area contributed by atoms with Crippen LogP contribution in [0.25, 0.3) is 0 Å². The van der Waals surface area contributed by atoms with Crippen molar-refractivity contribution < 1.29 is 0 Å². The van der Waals surface area contributed by atoms with Gasteiger partial charge in [0.15, 0.2) is 5.82 Å². The summed E-state index contributed by atoms with van der Waals surface area (Å²) < 4.78 is 3.44. The van der Waals surface area contributed by atoms with Gasteiger partial charge in [-0.2, -0.15) is 0 Å². The zero-order valence-electron chi connectivity index (χ0n) is 12.1. The van der Waals surface area contributed by atoms with Gasteiger partial charge in [-0.15, -0.1) is 5.10 Å². The first-order valence-electron chi connectivity index (χ1n) is 6.64. The highest BCUT2D eigenvalue weighted by atomic mass is 16.1. The summed E-state index contributed by atoms with van der Waals surface area (Å²) in [5.41, 5.74) is -0.349. The van der Waals surface area contributed by atoms with Crippen molar-refractivity contribution in [2.45, 2.75) is 39.3 Å². The number of rotatable bonds is 5. The van der Waals surface area contributed by atoms with E-state index in [-0.39, 0.29) is 11.1 Å². The molecular weight excluding hydrogens is 256 g/mol. The Labute approximate surface area is 117 Å². The van der Waals surface area contributed by atoms with Crippen molar-refractivity contribution in [1.29, 1.82) is 0 Å². The lowest BCUT2D eigenvalue weighted by Gasteiger charge is -2.22. The van der Waals surface area contributed by atoms with Gasteiger partial charge in [0.25, 0.3) is 5.56 Å². The Morgan fingerprint density at radius 3 is 2.70 bits per heavy atom. The van der Waals surface area contributed by atoms with E-state index in [0.717, 1.165) is 13.0 Å². The summed E-state index contributed by atoms with van der Waals surface area (Å²) in [5.74, 6) is 0.390. The fourth-order valence-electron chi connectivity index (χ4n) is 1.86. The minimum absolute atomic E-state index is 0.0965. The molecule has 0 bridgehead atoms. The highest BCUT2D eigenvalue weighted by Crippen LogP contribution is 2.10. The molecule has 0 aliphatic heterocycles. The minimum atomic E-state index is -0.253. The zero-order valence-corrected chi connectivity index (χ0v) is 12.1. The second-order valence-electron chi connectivity index (χ2n) is 5.57. The second kappa shape index (κ2) is 5.85. The number of aromatic nitrogens is 5. The molecule has 20 heavy (non-hydrogen) atoms. The molecule has 0 radical (unpaired) electrons. The Bertz CT molecular complexity index is 596. The Morgan fingerprint density at radius 2 is 2.05 bits per heavy atom. The molecule has 7 heteroatoms. The maximum absolute atomic E-state index is 12.2. The van der Waals surface area contributed by atoms with Gasteiger partial charge in [0.05, 0.1) is 6.20 Å². The molecule has 0 atom stereocenters. The van der Waals surface area contributed by atoms with E-state index in [9.17, 15) is 4.79 Å². The fraction of sp³-hybridized carbons (Fsp3) is 0.538. The molecule has 1 N–H and O–H groups in total. The van der Waals surface area contributed by atoms with Gasteiger partial charge in [-0.3, -0.25) is 9.48 Å². The summed E-state index contributed by atoms with van der Waals surface area (Å²) in [5, 5.41) is 10.7. The topological polar surface area (TPSA) is 77.6 Å². The molecule has 2 aromatic rings. The molecule has 108 valence electrons. The van der Waals surface area contributed by atoms with Crippen molar-refractivity contribution in [3.05, 3.63) is 35.1 Å². The third-order valence-electron chi connectivity index (χ3n) is 2.89. The van der Waals surface area contributed by atoms with Crippen molar-refractivity contribution in [1.82, 2.24) is 24.5 Å². The molecule has 0 aromatic carbocycles. The molecule has 0 fully saturated rings. The lowest BCUT2D eigenvalue weighted by atomic mass is 10.1.